The van der Waals surface area contributed by atoms with E-state index in [9.17, 15) is 24.3 Å². The van der Waals surface area contributed by atoms with Gasteiger partial charge in [-0.3, -0.25) is 19.2 Å². The van der Waals surface area contributed by atoms with Gasteiger partial charge in [0.2, 0.25) is 0 Å². The standard InChI is InChI=1S/C35H32Cl2N4O8/c1-19-26(36)5-3-7-30(19)48-10-11-49-35(47)41-18-21-13-25(21)32-24(4-2-6-29(32)41)23-15-38-40(17-23)16-22-12-20(8-9-27(22)37)33(44)39-28(34(45)46)14-31(42)43/h2-9,12,15,17,21,25,28H,10-11,13-14,16,18H2,1H3,(H,39,44)(H,42,43)(H,45,46)/t21-,25-,28?/m0/s1. The van der Waals surface area contributed by atoms with Crippen molar-refractivity contribution in [3.05, 3.63) is 99.3 Å². The van der Waals surface area contributed by atoms with Gasteiger partial charge in [0.05, 0.1) is 24.8 Å². The first-order valence-electron chi connectivity index (χ1n) is 15.5. The SMILES string of the molecule is Cc1c(Cl)cccc1OCCOC(=O)N1C[C@@H]2C[C@@H]2c2c(-c3cnn(Cc4cc(C(=O)NC(CC(=O)O)C(=O)O)ccc4Cl)c3)cccc21. The molecule has 1 aliphatic carbocycles. The Hall–Kier alpha value is -5.07. The van der Waals surface area contributed by atoms with Crippen LogP contribution in [0.5, 0.6) is 5.75 Å². The molecule has 3 N–H and O–H groups in total. The summed E-state index contributed by atoms with van der Waals surface area (Å²) >= 11 is 12.6. The summed E-state index contributed by atoms with van der Waals surface area (Å²) in [6.45, 7) is 2.89. The average molecular weight is 708 g/mol. The number of aliphatic carboxylic acids is 2. The summed E-state index contributed by atoms with van der Waals surface area (Å²) in [6, 6.07) is 14.1. The molecule has 14 heteroatoms. The van der Waals surface area contributed by atoms with Crippen LogP contribution in [0.2, 0.25) is 10.0 Å². The quantitative estimate of drug-likeness (QED) is 0.150. The topological polar surface area (TPSA) is 160 Å². The minimum absolute atomic E-state index is 0.0745. The summed E-state index contributed by atoms with van der Waals surface area (Å²) in [5, 5.41) is 26.0. The summed E-state index contributed by atoms with van der Waals surface area (Å²) < 4.78 is 13.1. The Kier molecular flexibility index (Phi) is 9.79. The van der Waals surface area contributed by atoms with E-state index in [1.54, 1.807) is 27.9 Å². The van der Waals surface area contributed by atoms with E-state index in [1.165, 1.54) is 18.2 Å². The highest BCUT2D eigenvalue weighted by Gasteiger charge is 2.48. The largest absolute Gasteiger partial charge is 0.490 e. The number of fused-ring (bicyclic) bond motifs is 3. The van der Waals surface area contributed by atoms with Crippen molar-refractivity contribution in [2.75, 3.05) is 24.7 Å². The Balaban J connectivity index is 1.15. The van der Waals surface area contributed by atoms with E-state index in [0.717, 1.165) is 34.4 Å². The number of carboxylic acid groups (broad SMARTS) is 2. The van der Waals surface area contributed by atoms with E-state index in [2.05, 4.69) is 10.4 Å². The number of halogens is 2. The van der Waals surface area contributed by atoms with Crippen molar-refractivity contribution in [2.45, 2.75) is 38.3 Å². The van der Waals surface area contributed by atoms with Gasteiger partial charge in [-0.2, -0.15) is 5.10 Å². The number of benzene rings is 3. The van der Waals surface area contributed by atoms with Crippen LogP contribution in [0.15, 0.2) is 67.0 Å². The number of amides is 2. The zero-order chi connectivity index (χ0) is 34.8. The Morgan fingerprint density at radius 1 is 1.04 bits per heavy atom. The van der Waals surface area contributed by atoms with Gasteiger partial charge in [-0.05, 0) is 78.3 Å². The predicted octanol–water partition coefficient (Wildman–Crippen LogP) is 6.01. The molecule has 0 saturated heterocycles. The van der Waals surface area contributed by atoms with Crippen LogP contribution in [-0.2, 0) is 20.9 Å². The number of nitrogens with zero attached hydrogens (tertiary/aromatic N) is 3. The fraction of sp³-hybridized carbons (Fsp3) is 0.286. The molecule has 2 heterocycles. The molecular formula is C35H32Cl2N4O8. The van der Waals surface area contributed by atoms with Crippen LogP contribution >= 0.6 is 23.2 Å². The van der Waals surface area contributed by atoms with Gasteiger partial charge in [-0.15, -0.1) is 0 Å². The van der Waals surface area contributed by atoms with E-state index in [1.807, 2.05) is 37.4 Å². The second-order valence-electron chi connectivity index (χ2n) is 12.0. The van der Waals surface area contributed by atoms with Crippen molar-refractivity contribution in [1.29, 1.82) is 0 Å². The monoisotopic (exact) mass is 706 g/mol. The van der Waals surface area contributed by atoms with Crippen molar-refractivity contribution in [3.8, 4) is 16.9 Å². The van der Waals surface area contributed by atoms with E-state index in [4.69, 9.17) is 37.8 Å². The van der Waals surface area contributed by atoms with Gasteiger partial charge >= 0.3 is 18.0 Å². The van der Waals surface area contributed by atoms with Crippen LogP contribution < -0.4 is 15.0 Å². The lowest BCUT2D eigenvalue weighted by molar-refractivity contribution is -0.145. The van der Waals surface area contributed by atoms with Crippen molar-refractivity contribution in [2.24, 2.45) is 5.92 Å². The molecule has 254 valence electrons. The number of rotatable bonds is 12. The first kappa shape index (κ1) is 33.8. The smallest absolute Gasteiger partial charge is 0.414 e. The zero-order valence-electron chi connectivity index (χ0n) is 26.3. The zero-order valence-corrected chi connectivity index (χ0v) is 27.8. The fourth-order valence-electron chi connectivity index (χ4n) is 6.06. The summed E-state index contributed by atoms with van der Waals surface area (Å²) in [4.78, 5) is 50.2. The summed E-state index contributed by atoms with van der Waals surface area (Å²) in [6.07, 6.45) is 3.34. The highest BCUT2D eigenvalue weighted by Crippen LogP contribution is 2.57. The van der Waals surface area contributed by atoms with Crippen LogP contribution in [0.4, 0.5) is 10.5 Å². The average Bonchev–Trinajstić information content (AvgIpc) is 3.72. The normalized spacial score (nSPS) is 16.6. The van der Waals surface area contributed by atoms with Crippen LogP contribution in [0, 0.1) is 12.8 Å². The van der Waals surface area contributed by atoms with Crippen LogP contribution in [0.3, 0.4) is 0 Å². The Morgan fingerprint density at radius 2 is 1.84 bits per heavy atom. The third-order valence-corrected chi connectivity index (χ3v) is 9.43. The van der Waals surface area contributed by atoms with E-state index < -0.39 is 36.4 Å². The number of hydrogen-bond acceptors (Lipinski definition) is 7. The van der Waals surface area contributed by atoms with Gasteiger partial charge in [0.15, 0.2) is 0 Å². The van der Waals surface area contributed by atoms with E-state index in [0.29, 0.717) is 39.7 Å². The summed E-state index contributed by atoms with van der Waals surface area (Å²) in [5.74, 6) is -2.27. The summed E-state index contributed by atoms with van der Waals surface area (Å²) in [5.41, 5.74) is 5.14. The minimum atomic E-state index is -1.59. The van der Waals surface area contributed by atoms with Gasteiger partial charge in [-0.25, -0.2) is 9.59 Å². The highest BCUT2D eigenvalue weighted by molar-refractivity contribution is 6.31. The molecule has 0 radical (unpaired) electrons. The van der Waals surface area contributed by atoms with Crippen LogP contribution in [0.25, 0.3) is 11.1 Å². The molecule has 0 spiro atoms. The molecule has 49 heavy (non-hydrogen) atoms. The number of carboxylic acids is 2. The molecule has 3 atom stereocenters. The number of nitrogens with one attached hydrogen (secondary N) is 1. The molecule has 1 aromatic heterocycles. The Morgan fingerprint density at radius 3 is 2.61 bits per heavy atom. The molecule has 1 fully saturated rings. The third-order valence-electron chi connectivity index (χ3n) is 8.66. The maximum absolute atomic E-state index is 13.3. The minimum Gasteiger partial charge on any atom is -0.490 e. The number of aromatic nitrogens is 2. The predicted molar refractivity (Wildman–Crippen MR) is 181 cm³/mol. The Labute approximate surface area is 291 Å². The van der Waals surface area contributed by atoms with Crippen LogP contribution in [0.1, 0.15) is 45.8 Å². The molecule has 4 aromatic rings. The lowest BCUT2D eigenvalue weighted by Crippen LogP contribution is -2.42. The summed E-state index contributed by atoms with van der Waals surface area (Å²) in [7, 11) is 0. The highest BCUT2D eigenvalue weighted by atomic mass is 35.5. The van der Waals surface area contributed by atoms with Gasteiger partial charge < -0.3 is 25.0 Å². The number of anilines is 1. The molecule has 2 aliphatic rings. The van der Waals surface area contributed by atoms with E-state index >= 15 is 0 Å². The first-order valence-corrected chi connectivity index (χ1v) is 16.3. The molecule has 6 rings (SSSR count). The molecule has 1 unspecified atom stereocenters. The van der Waals surface area contributed by atoms with Gasteiger partial charge in [0.1, 0.15) is 25.0 Å². The number of ether oxygens (including phenoxy) is 2. The molecule has 1 aliphatic heterocycles. The molecule has 2 amide bonds. The maximum Gasteiger partial charge on any atom is 0.414 e. The van der Waals surface area contributed by atoms with Crippen LogP contribution in [-0.4, -0.2) is 69.7 Å². The lowest BCUT2D eigenvalue weighted by atomic mass is 9.93. The number of carbonyl (C=O) groups excluding carboxylic acids is 2. The molecular weight excluding hydrogens is 675 g/mol. The second-order valence-corrected chi connectivity index (χ2v) is 12.8. The van der Waals surface area contributed by atoms with Gasteiger partial charge in [0, 0.05) is 39.5 Å². The van der Waals surface area contributed by atoms with E-state index in [-0.39, 0.29) is 25.3 Å². The lowest BCUT2D eigenvalue weighted by Gasteiger charge is -2.29. The molecule has 1 saturated carbocycles. The fourth-order valence-corrected chi connectivity index (χ4v) is 6.40. The van der Waals surface area contributed by atoms with Crippen molar-refractivity contribution in [3.63, 3.8) is 0 Å². The Bertz CT molecular complexity index is 1950. The van der Waals surface area contributed by atoms with Crippen molar-refractivity contribution < 1.29 is 38.9 Å². The molecule has 12 nitrogen and oxygen atoms in total. The third kappa shape index (κ3) is 7.50. The van der Waals surface area contributed by atoms with Gasteiger partial charge in [-0.1, -0.05) is 41.4 Å². The number of hydrogen-bond donors (Lipinski definition) is 3. The van der Waals surface area contributed by atoms with Gasteiger partial charge in [0.25, 0.3) is 5.91 Å². The molecule has 0 bridgehead atoms. The second kappa shape index (κ2) is 14.2. The molecule has 3 aromatic carbocycles. The maximum atomic E-state index is 13.3. The first-order chi connectivity index (χ1) is 23.5. The van der Waals surface area contributed by atoms with Crippen molar-refractivity contribution in [1.82, 2.24) is 15.1 Å². The van der Waals surface area contributed by atoms with Crippen molar-refractivity contribution >= 4 is 52.8 Å². The number of carbonyl (C=O) groups is 4.